The second kappa shape index (κ2) is 9.05. The van der Waals surface area contributed by atoms with Gasteiger partial charge >= 0.3 is 0 Å². The van der Waals surface area contributed by atoms with Gasteiger partial charge in [0.15, 0.2) is 0 Å². The second-order valence-corrected chi connectivity index (χ2v) is 3.32. The van der Waals surface area contributed by atoms with Crippen LogP contribution in [0, 0.1) is 0 Å². The van der Waals surface area contributed by atoms with Crippen LogP contribution in [0.15, 0.2) is 61.6 Å². The lowest BCUT2D eigenvalue weighted by atomic mass is 10.2. The predicted octanol–water partition coefficient (Wildman–Crippen LogP) is 3.12. The molecule has 1 fully saturated rings. The number of amides is 1. The van der Waals surface area contributed by atoms with Gasteiger partial charge in [0.25, 0.3) is 0 Å². The van der Waals surface area contributed by atoms with Gasteiger partial charge in [0.2, 0.25) is 5.91 Å². The van der Waals surface area contributed by atoms with Crippen LogP contribution in [0.1, 0.15) is 20.3 Å². The van der Waals surface area contributed by atoms with E-state index < -0.39 is 0 Å². The van der Waals surface area contributed by atoms with E-state index in [1.54, 1.807) is 12.2 Å². The summed E-state index contributed by atoms with van der Waals surface area (Å²) in [6.07, 6.45) is 9.46. The van der Waals surface area contributed by atoms with Gasteiger partial charge in [0.1, 0.15) is 5.82 Å². The van der Waals surface area contributed by atoms with E-state index in [4.69, 9.17) is 0 Å². The Bertz CT molecular complexity index is 378. The molecule has 3 nitrogen and oxygen atoms in total. The molecule has 0 aliphatic carbocycles. The molecule has 1 amide bonds. The van der Waals surface area contributed by atoms with Gasteiger partial charge < -0.3 is 10.2 Å². The minimum atomic E-state index is 0.00639. The second-order valence-electron chi connectivity index (χ2n) is 3.32. The number of hydrogen-bond acceptors (Lipinski definition) is 2. The molecule has 0 atom stereocenters. The SMILES string of the molecule is C=C/C=C\C(=C/C=C)N1CCC(=O)NC1=C.CC. The molecule has 0 spiro atoms. The van der Waals surface area contributed by atoms with E-state index in [0.717, 1.165) is 5.70 Å². The summed E-state index contributed by atoms with van der Waals surface area (Å²) in [6, 6.07) is 0. The summed E-state index contributed by atoms with van der Waals surface area (Å²) in [5, 5.41) is 2.70. The number of nitrogens with zero attached hydrogens (tertiary/aromatic N) is 1. The highest BCUT2D eigenvalue weighted by atomic mass is 16.1. The monoisotopic (exact) mass is 246 g/mol. The summed E-state index contributed by atoms with van der Waals surface area (Å²) in [4.78, 5) is 13.1. The molecule has 0 unspecified atom stereocenters. The lowest BCUT2D eigenvalue weighted by Gasteiger charge is -2.31. The fraction of sp³-hybridized carbons (Fsp3) is 0.267. The summed E-state index contributed by atoms with van der Waals surface area (Å²) in [5.41, 5.74) is 0.930. The molecule has 1 rings (SSSR count). The zero-order valence-corrected chi connectivity index (χ0v) is 11.3. The molecular weight excluding hydrogens is 224 g/mol. The zero-order valence-electron chi connectivity index (χ0n) is 11.3. The van der Waals surface area contributed by atoms with Gasteiger partial charge in [-0.25, -0.2) is 0 Å². The normalized spacial score (nSPS) is 15.9. The fourth-order valence-corrected chi connectivity index (χ4v) is 1.45. The number of carbonyl (C=O) groups is 1. The molecule has 3 heteroatoms. The lowest BCUT2D eigenvalue weighted by Crippen LogP contribution is -2.41. The van der Waals surface area contributed by atoms with Crippen LogP contribution in [0.3, 0.4) is 0 Å². The standard InChI is InChI=1S/C13H16N2O.C2H6/c1-4-6-8-12(7-5-2)15-10-9-13(16)14-11(15)3;1-2/h4-8H,1-3,9-10H2,(H,14,16);1-2H3/b8-6-,12-7+;. The number of carbonyl (C=O) groups excluding carboxylic acids is 1. The lowest BCUT2D eigenvalue weighted by molar-refractivity contribution is -0.122. The molecule has 1 aliphatic heterocycles. The van der Waals surface area contributed by atoms with Gasteiger partial charge in [-0.1, -0.05) is 51.8 Å². The van der Waals surface area contributed by atoms with Crippen LogP contribution in [-0.2, 0) is 4.79 Å². The van der Waals surface area contributed by atoms with Crippen molar-refractivity contribution < 1.29 is 4.79 Å². The van der Waals surface area contributed by atoms with E-state index in [9.17, 15) is 4.79 Å². The van der Waals surface area contributed by atoms with E-state index in [2.05, 4.69) is 25.1 Å². The van der Waals surface area contributed by atoms with Crippen LogP contribution in [0.4, 0.5) is 0 Å². The summed E-state index contributed by atoms with van der Waals surface area (Å²) in [7, 11) is 0. The Hall–Kier alpha value is -2.03. The summed E-state index contributed by atoms with van der Waals surface area (Å²) < 4.78 is 0. The number of rotatable bonds is 4. The van der Waals surface area contributed by atoms with Crippen molar-refractivity contribution in [2.75, 3.05) is 6.54 Å². The molecule has 1 aliphatic rings. The molecule has 18 heavy (non-hydrogen) atoms. The van der Waals surface area contributed by atoms with E-state index >= 15 is 0 Å². The third-order valence-corrected chi connectivity index (χ3v) is 2.18. The van der Waals surface area contributed by atoms with E-state index in [1.807, 2.05) is 37.0 Å². The molecular formula is C15H22N2O. The first kappa shape index (κ1) is 16.0. The minimum absolute atomic E-state index is 0.00639. The predicted molar refractivity (Wildman–Crippen MR) is 77.6 cm³/mol. The molecule has 0 saturated carbocycles. The molecule has 0 radical (unpaired) electrons. The first-order chi connectivity index (χ1) is 8.69. The zero-order chi connectivity index (χ0) is 14.0. The third kappa shape index (κ3) is 4.87. The Labute approximate surface area is 110 Å². The van der Waals surface area contributed by atoms with Gasteiger partial charge in [0.05, 0.1) is 0 Å². The Morgan fingerprint density at radius 3 is 2.50 bits per heavy atom. The molecule has 0 bridgehead atoms. The Balaban J connectivity index is 0.00000137. The molecule has 1 heterocycles. The highest BCUT2D eigenvalue weighted by Gasteiger charge is 2.19. The van der Waals surface area contributed by atoms with Crippen LogP contribution in [0.2, 0.25) is 0 Å². The maximum Gasteiger partial charge on any atom is 0.227 e. The largest absolute Gasteiger partial charge is 0.328 e. The minimum Gasteiger partial charge on any atom is -0.328 e. The Morgan fingerprint density at radius 1 is 1.33 bits per heavy atom. The number of nitrogens with one attached hydrogen (secondary N) is 1. The first-order valence-corrected chi connectivity index (χ1v) is 6.07. The molecule has 98 valence electrons. The van der Waals surface area contributed by atoms with Crippen molar-refractivity contribution in [3.63, 3.8) is 0 Å². The van der Waals surface area contributed by atoms with Crippen molar-refractivity contribution in [3.8, 4) is 0 Å². The molecule has 0 aromatic heterocycles. The maximum absolute atomic E-state index is 11.1. The van der Waals surface area contributed by atoms with Crippen molar-refractivity contribution in [1.29, 1.82) is 0 Å². The summed E-state index contributed by atoms with van der Waals surface area (Å²) in [5.74, 6) is 0.602. The molecule has 1 saturated heterocycles. The first-order valence-electron chi connectivity index (χ1n) is 6.07. The highest BCUT2D eigenvalue weighted by Crippen LogP contribution is 2.16. The van der Waals surface area contributed by atoms with E-state index in [0.29, 0.717) is 18.8 Å². The van der Waals surface area contributed by atoms with Crippen LogP contribution < -0.4 is 5.32 Å². The Kier molecular flexibility index (Phi) is 8.03. The smallest absolute Gasteiger partial charge is 0.227 e. The van der Waals surface area contributed by atoms with Crippen LogP contribution >= 0.6 is 0 Å². The summed E-state index contributed by atoms with van der Waals surface area (Å²) >= 11 is 0. The van der Waals surface area contributed by atoms with E-state index in [1.165, 1.54) is 0 Å². The highest BCUT2D eigenvalue weighted by molar-refractivity contribution is 5.79. The van der Waals surface area contributed by atoms with Gasteiger partial charge in [0, 0.05) is 18.7 Å². The average molecular weight is 246 g/mol. The molecule has 1 N–H and O–H groups in total. The van der Waals surface area contributed by atoms with Gasteiger partial charge in [-0.05, 0) is 12.2 Å². The Morgan fingerprint density at radius 2 is 2.00 bits per heavy atom. The van der Waals surface area contributed by atoms with Crippen molar-refractivity contribution >= 4 is 5.91 Å². The fourth-order valence-electron chi connectivity index (χ4n) is 1.45. The molecule has 0 aromatic carbocycles. The van der Waals surface area contributed by atoms with E-state index in [-0.39, 0.29) is 5.91 Å². The topological polar surface area (TPSA) is 32.3 Å². The van der Waals surface area contributed by atoms with Crippen molar-refractivity contribution in [2.24, 2.45) is 0 Å². The van der Waals surface area contributed by atoms with Crippen LogP contribution in [0.5, 0.6) is 0 Å². The quantitative estimate of drug-likeness (QED) is 0.773. The average Bonchev–Trinajstić information content (AvgIpc) is 2.37. The van der Waals surface area contributed by atoms with Gasteiger partial charge in [-0.3, -0.25) is 4.79 Å². The van der Waals surface area contributed by atoms with Crippen molar-refractivity contribution in [3.05, 3.63) is 61.6 Å². The van der Waals surface area contributed by atoms with Gasteiger partial charge in [-0.15, -0.1) is 0 Å². The summed E-state index contributed by atoms with van der Waals surface area (Å²) in [6.45, 7) is 15.7. The van der Waals surface area contributed by atoms with Crippen LogP contribution in [0.25, 0.3) is 0 Å². The number of allylic oxidation sites excluding steroid dienone is 5. The van der Waals surface area contributed by atoms with Crippen molar-refractivity contribution in [2.45, 2.75) is 20.3 Å². The number of hydrogen-bond donors (Lipinski definition) is 1. The third-order valence-electron chi connectivity index (χ3n) is 2.18. The molecule has 0 aromatic rings. The maximum atomic E-state index is 11.1. The van der Waals surface area contributed by atoms with Crippen LogP contribution in [-0.4, -0.2) is 17.4 Å². The van der Waals surface area contributed by atoms with Crippen molar-refractivity contribution in [1.82, 2.24) is 10.2 Å². The van der Waals surface area contributed by atoms with Gasteiger partial charge in [-0.2, -0.15) is 0 Å².